The van der Waals surface area contributed by atoms with E-state index in [2.05, 4.69) is 70.5 Å². The van der Waals surface area contributed by atoms with Crippen LogP contribution in [-0.2, 0) is 20.1 Å². The third-order valence-corrected chi connectivity index (χ3v) is 7.74. The summed E-state index contributed by atoms with van der Waals surface area (Å²) in [6, 6.07) is 29.4. The third-order valence-electron chi connectivity index (χ3n) is 7.40. The highest BCUT2D eigenvalue weighted by Crippen LogP contribution is 2.47. The molecule has 0 aliphatic carbocycles. The van der Waals surface area contributed by atoms with Crippen LogP contribution in [0.3, 0.4) is 0 Å². The van der Waals surface area contributed by atoms with E-state index in [0.29, 0.717) is 19.2 Å². The first kappa shape index (κ1) is 23.6. The number of anilines is 1. The molecule has 2 saturated heterocycles. The zero-order valence-corrected chi connectivity index (χ0v) is 20.9. The first-order chi connectivity index (χ1) is 17.7. The number of ether oxygens (including phenoxy) is 2. The Kier molecular flexibility index (Phi) is 6.54. The summed E-state index contributed by atoms with van der Waals surface area (Å²) in [6.07, 6.45) is -0.292. The lowest BCUT2D eigenvalue weighted by atomic mass is 9.96. The molecule has 1 spiro atoms. The number of piperazine rings is 1. The van der Waals surface area contributed by atoms with Crippen molar-refractivity contribution < 1.29 is 14.3 Å². The summed E-state index contributed by atoms with van der Waals surface area (Å²) in [5.41, 5.74) is 4.22. The molecule has 0 N–H and O–H groups in total. The van der Waals surface area contributed by atoms with Crippen LogP contribution >= 0.6 is 11.6 Å². The molecule has 0 bridgehead atoms. The van der Waals surface area contributed by atoms with Crippen molar-refractivity contribution in [1.82, 2.24) is 9.80 Å². The van der Waals surface area contributed by atoms with Gasteiger partial charge >= 0.3 is 0 Å². The van der Waals surface area contributed by atoms with Gasteiger partial charge < -0.3 is 9.47 Å². The smallest absolute Gasteiger partial charge is 0.293 e. The minimum atomic E-state index is -1.37. The average Bonchev–Trinajstić information content (AvgIpc) is 3.48. The molecule has 186 valence electrons. The predicted molar refractivity (Wildman–Crippen MR) is 140 cm³/mol. The summed E-state index contributed by atoms with van der Waals surface area (Å²) in [4.78, 5) is 20.3. The number of alkyl halides is 1. The van der Waals surface area contributed by atoms with Gasteiger partial charge in [0.15, 0.2) is 0 Å². The number of fused-ring (bicyclic) bond motifs is 2. The molecule has 6 nitrogen and oxygen atoms in total. The summed E-state index contributed by atoms with van der Waals surface area (Å²) >= 11 is 6.02. The molecule has 3 aliphatic heterocycles. The fourth-order valence-corrected chi connectivity index (χ4v) is 5.77. The molecule has 2 fully saturated rings. The number of halogens is 1. The first-order valence-corrected chi connectivity index (χ1v) is 13.1. The van der Waals surface area contributed by atoms with Gasteiger partial charge in [0.1, 0.15) is 0 Å². The number of benzene rings is 3. The quantitative estimate of drug-likeness (QED) is 0.472. The second-order valence-electron chi connectivity index (χ2n) is 9.59. The van der Waals surface area contributed by atoms with Gasteiger partial charge in [-0.05, 0) is 17.2 Å². The number of hydrogen-bond donors (Lipinski definition) is 0. The van der Waals surface area contributed by atoms with E-state index < -0.39 is 5.79 Å². The Labute approximate surface area is 217 Å². The van der Waals surface area contributed by atoms with E-state index in [1.807, 2.05) is 29.2 Å². The molecule has 3 aliphatic rings. The van der Waals surface area contributed by atoms with Crippen molar-refractivity contribution in [2.75, 3.05) is 50.2 Å². The van der Waals surface area contributed by atoms with Gasteiger partial charge in [-0.25, -0.2) is 0 Å². The van der Waals surface area contributed by atoms with Gasteiger partial charge in [0.25, 0.3) is 11.7 Å². The largest absolute Gasteiger partial charge is 0.336 e. The fraction of sp³-hybridized carbons (Fsp3) is 0.345. The van der Waals surface area contributed by atoms with E-state index in [1.54, 1.807) is 0 Å². The molecule has 36 heavy (non-hydrogen) atoms. The summed E-state index contributed by atoms with van der Waals surface area (Å²) in [5.74, 6) is -1.24. The van der Waals surface area contributed by atoms with E-state index in [1.165, 1.54) is 11.1 Å². The summed E-state index contributed by atoms with van der Waals surface area (Å²) in [5, 5.41) is 0. The molecule has 3 aromatic rings. The van der Waals surface area contributed by atoms with Gasteiger partial charge in [-0.1, -0.05) is 78.9 Å². The van der Waals surface area contributed by atoms with Crippen LogP contribution in [0.1, 0.15) is 22.7 Å². The third kappa shape index (κ3) is 4.13. The van der Waals surface area contributed by atoms with Crippen LogP contribution in [0.25, 0.3) is 0 Å². The molecule has 0 aromatic heterocycles. The fourth-order valence-electron chi connectivity index (χ4n) is 5.62. The number of para-hydroxylation sites is 1. The molecule has 2 atom stereocenters. The van der Waals surface area contributed by atoms with E-state index in [9.17, 15) is 4.79 Å². The molecule has 0 radical (unpaired) electrons. The van der Waals surface area contributed by atoms with Crippen LogP contribution in [0.4, 0.5) is 5.69 Å². The van der Waals surface area contributed by atoms with Crippen molar-refractivity contribution in [3.8, 4) is 0 Å². The van der Waals surface area contributed by atoms with Crippen molar-refractivity contribution in [2.24, 2.45) is 0 Å². The van der Waals surface area contributed by atoms with Crippen LogP contribution in [0.15, 0.2) is 84.9 Å². The Morgan fingerprint density at radius 3 is 2.08 bits per heavy atom. The van der Waals surface area contributed by atoms with Gasteiger partial charge in [-0.15, -0.1) is 11.6 Å². The zero-order chi connectivity index (χ0) is 24.5. The SMILES string of the molecule is O=C1N(CN2CCN(C(c3ccccc3)c3ccccc3)CC2)c2ccccc2C12OCC(CCl)O2. The molecule has 0 saturated carbocycles. The van der Waals surface area contributed by atoms with Gasteiger partial charge in [-0.3, -0.25) is 19.5 Å². The number of nitrogens with zero attached hydrogens (tertiary/aromatic N) is 3. The van der Waals surface area contributed by atoms with Crippen molar-refractivity contribution in [1.29, 1.82) is 0 Å². The summed E-state index contributed by atoms with van der Waals surface area (Å²) in [6.45, 7) is 4.36. The standard InChI is InChI=1S/C29H30ClN3O3/c30-19-24-20-35-29(36-24)25-13-7-8-14-26(25)33(28(29)34)21-31-15-17-32(18-16-31)27(22-9-3-1-4-10-22)23-11-5-2-6-12-23/h1-14,24,27H,15-21H2. The Bertz CT molecular complexity index is 1160. The molecule has 7 heteroatoms. The van der Waals surface area contributed by atoms with Gasteiger partial charge in [0.05, 0.1) is 37.0 Å². The van der Waals surface area contributed by atoms with Gasteiger partial charge in [0, 0.05) is 31.7 Å². The Hall–Kier alpha value is -2.74. The van der Waals surface area contributed by atoms with Crippen molar-refractivity contribution >= 4 is 23.2 Å². The van der Waals surface area contributed by atoms with E-state index >= 15 is 0 Å². The Balaban J connectivity index is 1.18. The lowest BCUT2D eigenvalue weighted by molar-refractivity contribution is -0.185. The predicted octanol–water partition coefficient (Wildman–Crippen LogP) is 4.20. The molecule has 3 heterocycles. The number of hydrogen-bond acceptors (Lipinski definition) is 5. The van der Waals surface area contributed by atoms with Gasteiger partial charge in [0.2, 0.25) is 0 Å². The van der Waals surface area contributed by atoms with Crippen LogP contribution in [-0.4, -0.2) is 67.1 Å². The van der Waals surface area contributed by atoms with Crippen LogP contribution in [0, 0.1) is 0 Å². The lowest BCUT2D eigenvalue weighted by Gasteiger charge is -2.41. The monoisotopic (exact) mass is 503 g/mol. The van der Waals surface area contributed by atoms with E-state index in [4.69, 9.17) is 21.1 Å². The minimum Gasteiger partial charge on any atom is -0.336 e. The van der Waals surface area contributed by atoms with Gasteiger partial charge in [-0.2, -0.15) is 0 Å². The number of rotatable bonds is 6. The second-order valence-corrected chi connectivity index (χ2v) is 9.90. The highest BCUT2D eigenvalue weighted by molar-refractivity contribution is 6.18. The zero-order valence-electron chi connectivity index (χ0n) is 20.1. The normalized spacial score (nSPS) is 24.7. The maximum atomic E-state index is 13.7. The Morgan fingerprint density at radius 1 is 0.861 bits per heavy atom. The molecule has 6 rings (SSSR count). The maximum absolute atomic E-state index is 13.7. The minimum absolute atomic E-state index is 0.162. The maximum Gasteiger partial charge on any atom is 0.293 e. The van der Waals surface area contributed by atoms with Crippen molar-refractivity contribution in [3.63, 3.8) is 0 Å². The first-order valence-electron chi connectivity index (χ1n) is 12.5. The molecular formula is C29H30ClN3O3. The number of carbonyl (C=O) groups is 1. The molecular weight excluding hydrogens is 474 g/mol. The van der Waals surface area contributed by atoms with Crippen LogP contribution in [0.2, 0.25) is 0 Å². The Morgan fingerprint density at radius 2 is 1.47 bits per heavy atom. The highest BCUT2D eigenvalue weighted by atomic mass is 35.5. The lowest BCUT2D eigenvalue weighted by Crippen LogP contribution is -2.53. The highest BCUT2D eigenvalue weighted by Gasteiger charge is 2.58. The number of amides is 1. The second kappa shape index (κ2) is 9.96. The molecule has 3 aromatic carbocycles. The molecule has 2 unspecified atom stereocenters. The van der Waals surface area contributed by atoms with Crippen LogP contribution in [0.5, 0.6) is 0 Å². The number of carbonyl (C=O) groups excluding carboxylic acids is 1. The summed E-state index contributed by atoms with van der Waals surface area (Å²) in [7, 11) is 0. The van der Waals surface area contributed by atoms with E-state index in [0.717, 1.165) is 37.4 Å². The summed E-state index contributed by atoms with van der Waals surface area (Å²) < 4.78 is 12.1. The average molecular weight is 504 g/mol. The van der Waals surface area contributed by atoms with Crippen LogP contribution < -0.4 is 4.90 Å². The van der Waals surface area contributed by atoms with Crippen molar-refractivity contribution in [2.45, 2.75) is 17.9 Å². The molecule has 1 amide bonds. The van der Waals surface area contributed by atoms with E-state index in [-0.39, 0.29) is 18.1 Å². The van der Waals surface area contributed by atoms with Crippen molar-refractivity contribution in [3.05, 3.63) is 102 Å². The topological polar surface area (TPSA) is 45.3 Å².